The third-order valence-electron chi connectivity index (χ3n) is 6.38. The van der Waals surface area contributed by atoms with E-state index in [9.17, 15) is 19.2 Å². The second-order valence-corrected chi connectivity index (χ2v) is 8.64. The van der Waals surface area contributed by atoms with Gasteiger partial charge in [0, 0.05) is 12.8 Å². The maximum absolute atomic E-state index is 13.2. The minimum Gasteiger partial charge on any atom is -0.324 e. The molecule has 2 aromatic rings. The molecule has 4 rings (SSSR count). The standard InChI is InChI=1S/C23H29N5O4/c1-14-25-21-16(23(32)28(14)18-8-9-20(30)27-22(18)31)5-3-6-17(21)26-19(29)7-2-4-15-10-12-24-13-11-15/h3,5-6,15,18,24H,2,4,7-13H2,1H3,(H,26,29)(H,27,30,31). The number of nitrogens with zero attached hydrogens (tertiary/aromatic N) is 2. The van der Waals surface area contributed by atoms with E-state index in [-0.39, 0.29) is 30.2 Å². The van der Waals surface area contributed by atoms with Gasteiger partial charge in [-0.25, -0.2) is 4.98 Å². The molecule has 32 heavy (non-hydrogen) atoms. The lowest BCUT2D eigenvalue weighted by Crippen LogP contribution is -2.45. The number of anilines is 1. The molecule has 3 N–H and O–H groups in total. The number of hydrogen-bond donors (Lipinski definition) is 3. The van der Waals surface area contributed by atoms with Crippen molar-refractivity contribution in [2.45, 2.75) is 57.9 Å². The Balaban J connectivity index is 1.51. The largest absolute Gasteiger partial charge is 0.324 e. The van der Waals surface area contributed by atoms with E-state index >= 15 is 0 Å². The Morgan fingerprint density at radius 1 is 1.19 bits per heavy atom. The molecular formula is C23H29N5O4. The van der Waals surface area contributed by atoms with E-state index < -0.39 is 11.9 Å². The molecule has 1 aromatic heterocycles. The number of imide groups is 1. The predicted molar refractivity (Wildman–Crippen MR) is 120 cm³/mol. The van der Waals surface area contributed by atoms with Crippen LogP contribution in [-0.2, 0) is 14.4 Å². The second kappa shape index (κ2) is 9.60. The first-order valence-electron chi connectivity index (χ1n) is 11.3. The van der Waals surface area contributed by atoms with Crippen molar-refractivity contribution in [2.24, 2.45) is 5.92 Å². The molecule has 3 amide bonds. The van der Waals surface area contributed by atoms with Gasteiger partial charge in [-0.15, -0.1) is 0 Å². The number of para-hydroxylation sites is 1. The minimum absolute atomic E-state index is 0.0970. The maximum atomic E-state index is 13.2. The van der Waals surface area contributed by atoms with Crippen molar-refractivity contribution in [2.75, 3.05) is 18.4 Å². The van der Waals surface area contributed by atoms with Crippen LogP contribution < -0.4 is 21.5 Å². The van der Waals surface area contributed by atoms with Gasteiger partial charge in [-0.1, -0.05) is 6.07 Å². The average Bonchev–Trinajstić information content (AvgIpc) is 2.76. The summed E-state index contributed by atoms with van der Waals surface area (Å²) in [5.41, 5.74) is 0.541. The van der Waals surface area contributed by atoms with Gasteiger partial charge in [-0.2, -0.15) is 0 Å². The molecule has 3 heterocycles. The third kappa shape index (κ3) is 4.72. The van der Waals surface area contributed by atoms with Crippen molar-refractivity contribution in [1.82, 2.24) is 20.2 Å². The molecule has 0 saturated carbocycles. The zero-order valence-corrected chi connectivity index (χ0v) is 18.3. The number of piperidine rings is 2. The van der Waals surface area contributed by atoms with Gasteiger partial charge in [0.15, 0.2) is 0 Å². The summed E-state index contributed by atoms with van der Waals surface area (Å²) in [6, 6.07) is 4.29. The summed E-state index contributed by atoms with van der Waals surface area (Å²) in [4.78, 5) is 54.0. The van der Waals surface area contributed by atoms with Gasteiger partial charge in [0.25, 0.3) is 5.56 Å². The van der Waals surface area contributed by atoms with Crippen LogP contribution in [0.3, 0.4) is 0 Å². The minimum atomic E-state index is -0.773. The molecule has 0 aliphatic carbocycles. The highest BCUT2D eigenvalue weighted by Crippen LogP contribution is 2.24. The number of fused-ring (bicyclic) bond motifs is 1. The molecule has 1 unspecified atom stereocenters. The summed E-state index contributed by atoms with van der Waals surface area (Å²) in [6.07, 6.45) is 5.04. The summed E-state index contributed by atoms with van der Waals surface area (Å²) < 4.78 is 1.34. The summed E-state index contributed by atoms with van der Waals surface area (Å²) in [5.74, 6) is 0.114. The fraction of sp³-hybridized carbons (Fsp3) is 0.522. The highest BCUT2D eigenvalue weighted by Gasteiger charge is 2.30. The van der Waals surface area contributed by atoms with Crippen LogP contribution in [0.5, 0.6) is 0 Å². The van der Waals surface area contributed by atoms with E-state index in [4.69, 9.17) is 0 Å². The van der Waals surface area contributed by atoms with E-state index in [1.807, 2.05) is 0 Å². The molecule has 2 saturated heterocycles. The Labute approximate surface area is 186 Å². The van der Waals surface area contributed by atoms with Crippen LogP contribution >= 0.6 is 0 Å². The first kappa shape index (κ1) is 22.1. The quantitative estimate of drug-likeness (QED) is 0.590. The van der Waals surface area contributed by atoms with Crippen LogP contribution in [0.4, 0.5) is 5.69 Å². The number of rotatable bonds is 6. The molecule has 0 bridgehead atoms. The molecule has 1 atom stereocenters. The molecule has 2 aliphatic heterocycles. The summed E-state index contributed by atoms with van der Waals surface area (Å²) in [6.45, 7) is 3.75. The highest BCUT2D eigenvalue weighted by atomic mass is 16.2. The van der Waals surface area contributed by atoms with Crippen molar-refractivity contribution in [3.8, 4) is 0 Å². The molecule has 2 fully saturated rings. The van der Waals surface area contributed by atoms with Gasteiger partial charge in [0.2, 0.25) is 17.7 Å². The van der Waals surface area contributed by atoms with Crippen LogP contribution in [0, 0.1) is 12.8 Å². The zero-order chi connectivity index (χ0) is 22.7. The Morgan fingerprint density at radius 2 is 1.97 bits per heavy atom. The smallest absolute Gasteiger partial charge is 0.262 e. The molecule has 170 valence electrons. The number of carbonyl (C=O) groups is 3. The predicted octanol–water partition coefficient (Wildman–Crippen LogP) is 1.79. The van der Waals surface area contributed by atoms with Gasteiger partial charge in [0.1, 0.15) is 17.4 Å². The van der Waals surface area contributed by atoms with Crippen LogP contribution in [0.25, 0.3) is 10.9 Å². The number of nitrogens with one attached hydrogen (secondary N) is 3. The highest BCUT2D eigenvalue weighted by molar-refractivity contribution is 6.01. The van der Waals surface area contributed by atoms with Gasteiger partial charge in [0.05, 0.1) is 11.1 Å². The van der Waals surface area contributed by atoms with Crippen molar-refractivity contribution < 1.29 is 14.4 Å². The van der Waals surface area contributed by atoms with Crippen molar-refractivity contribution in [3.05, 3.63) is 34.4 Å². The van der Waals surface area contributed by atoms with Crippen molar-refractivity contribution in [1.29, 1.82) is 0 Å². The Hall–Kier alpha value is -3.07. The molecule has 9 nitrogen and oxygen atoms in total. The van der Waals surface area contributed by atoms with Gasteiger partial charge in [-0.3, -0.25) is 29.1 Å². The van der Waals surface area contributed by atoms with Crippen molar-refractivity contribution >= 4 is 34.3 Å². The second-order valence-electron chi connectivity index (χ2n) is 8.64. The molecule has 0 radical (unpaired) electrons. The number of amides is 3. The van der Waals surface area contributed by atoms with Gasteiger partial charge in [-0.05, 0) is 70.2 Å². The summed E-state index contributed by atoms with van der Waals surface area (Å²) >= 11 is 0. The first-order chi connectivity index (χ1) is 15.4. The third-order valence-corrected chi connectivity index (χ3v) is 6.38. The number of hydrogen-bond acceptors (Lipinski definition) is 6. The van der Waals surface area contributed by atoms with Crippen molar-refractivity contribution in [3.63, 3.8) is 0 Å². The lowest BCUT2D eigenvalue weighted by molar-refractivity contribution is -0.135. The van der Waals surface area contributed by atoms with Crippen LogP contribution in [0.15, 0.2) is 23.0 Å². The monoisotopic (exact) mass is 439 g/mol. The molecule has 9 heteroatoms. The lowest BCUT2D eigenvalue weighted by atomic mass is 9.92. The van der Waals surface area contributed by atoms with Gasteiger partial charge >= 0.3 is 0 Å². The Kier molecular flexibility index (Phi) is 6.64. The zero-order valence-electron chi connectivity index (χ0n) is 18.3. The van der Waals surface area contributed by atoms with Crippen LogP contribution in [0.2, 0.25) is 0 Å². The van der Waals surface area contributed by atoms with Gasteiger partial charge < -0.3 is 10.6 Å². The summed E-state index contributed by atoms with van der Waals surface area (Å²) in [5, 5.41) is 8.87. The topological polar surface area (TPSA) is 122 Å². The number of carbonyl (C=O) groups excluding carboxylic acids is 3. The average molecular weight is 440 g/mol. The molecule has 0 spiro atoms. The molecule has 2 aliphatic rings. The Morgan fingerprint density at radius 3 is 2.72 bits per heavy atom. The number of aryl methyl sites for hydroxylation is 1. The normalized spacial score (nSPS) is 19.7. The van der Waals surface area contributed by atoms with E-state index in [0.29, 0.717) is 34.8 Å². The van der Waals surface area contributed by atoms with Crippen LogP contribution in [-0.4, -0.2) is 40.4 Å². The van der Waals surface area contributed by atoms with E-state index in [1.165, 1.54) is 4.57 Å². The molecule has 1 aromatic carbocycles. The summed E-state index contributed by atoms with van der Waals surface area (Å²) in [7, 11) is 0. The fourth-order valence-corrected chi connectivity index (χ4v) is 4.66. The van der Waals surface area contributed by atoms with E-state index in [1.54, 1.807) is 25.1 Å². The van der Waals surface area contributed by atoms with E-state index in [2.05, 4.69) is 20.9 Å². The molecular weight excluding hydrogens is 410 g/mol. The Bertz CT molecular complexity index is 1100. The SMILES string of the molecule is Cc1nc2c(NC(=O)CCCC3CCNCC3)cccc2c(=O)n1C1CCC(=O)NC1=O. The fourth-order valence-electron chi connectivity index (χ4n) is 4.66. The van der Waals surface area contributed by atoms with Crippen LogP contribution in [0.1, 0.15) is 56.8 Å². The maximum Gasteiger partial charge on any atom is 0.262 e. The van der Waals surface area contributed by atoms with E-state index in [0.717, 1.165) is 38.8 Å². The first-order valence-corrected chi connectivity index (χ1v) is 11.3. The lowest BCUT2D eigenvalue weighted by Gasteiger charge is -2.24. The number of aromatic nitrogens is 2. The number of benzene rings is 1.